The largest absolute Gasteiger partial charge is 0.443 e. The first-order chi connectivity index (χ1) is 37.8. The molecule has 0 unspecified atom stereocenters. The number of benzene rings is 4. The first kappa shape index (κ1) is 52.4. The molecular weight excluding hydrogens is 1060 g/mol. The maximum Gasteiger partial charge on any atom is 0.289 e. The average molecular weight is 1120 g/mol. The van der Waals surface area contributed by atoms with Crippen LogP contribution >= 0.6 is 22.7 Å². The normalized spacial score (nSPS) is 16.1. The van der Waals surface area contributed by atoms with Crippen molar-refractivity contribution in [3.63, 3.8) is 0 Å². The van der Waals surface area contributed by atoms with E-state index in [-0.39, 0.29) is 23.3 Å². The number of nitrogens with two attached hydrogens (primary N) is 2. The van der Waals surface area contributed by atoms with Crippen molar-refractivity contribution < 1.29 is 35.3 Å². The summed E-state index contributed by atoms with van der Waals surface area (Å²) in [6.07, 6.45) is 2.54. The van der Waals surface area contributed by atoms with Gasteiger partial charge >= 0.3 is 0 Å². The molecule has 0 atom stereocenters. The summed E-state index contributed by atoms with van der Waals surface area (Å²) >= 11 is 2.58. The Bertz CT molecular complexity index is 3600. The monoisotopic (exact) mass is 1110 g/mol. The summed E-state index contributed by atoms with van der Waals surface area (Å²) in [5.74, 6) is 13.0. The second kappa shape index (κ2) is 21.6. The fraction of sp³-hybridized carbons (Fsp3) is 0.233. The molecule has 8 aromatic rings. The number of hydrogen-bond acceptors (Lipinski definition) is 12. The van der Waals surface area contributed by atoms with Gasteiger partial charge in [-0.1, -0.05) is 78.6 Å². The number of amides is 2. The van der Waals surface area contributed by atoms with Gasteiger partial charge in [-0.3, -0.25) is 18.2 Å². The lowest BCUT2D eigenvalue weighted by Gasteiger charge is -2.39. The quantitative estimate of drug-likeness (QED) is 0.139. The van der Waals surface area contributed by atoms with Gasteiger partial charge in [0.2, 0.25) is 0 Å². The smallest absolute Gasteiger partial charge is 0.289 e. The molecule has 4 aliphatic heterocycles. The first-order valence-electron chi connectivity index (χ1n) is 25.5. The van der Waals surface area contributed by atoms with Crippen molar-refractivity contribution in [3.8, 4) is 23.7 Å². The maximum atomic E-state index is 13.6. The van der Waals surface area contributed by atoms with Gasteiger partial charge in [0.1, 0.15) is 4.21 Å². The number of likely N-dealkylation sites (tertiary alicyclic amines) is 2. The molecular formula is C60H54N6O8S4. The van der Waals surface area contributed by atoms with Gasteiger partial charge in [-0.25, -0.2) is 16.8 Å². The molecule has 2 fully saturated rings. The van der Waals surface area contributed by atoms with E-state index in [1.165, 1.54) is 31.3 Å². The Morgan fingerprint density at radius 3 is 1.44 bits per heavy atom. The second-order valence-corrected chi connectivity index (χ2v) is 25.4. The minimum atomic E-state index is -3.70. The lowest BCUT2D eigenvalue weighted by molar-refractivity contribution is 0.0636. The molecule has 4 N–H and O–H groups in total. The van der Waals surface area contributed by atoms with Crippen molar-refractivity contribution >= 4 is 65.9 Å². The summed E-state index contributed by atoms with van der Waals surface area (Å²) in [6.45, 7) is 3.40. The Kier molecular flexibility index (Phi) is 14.5. The summed E-state index contributed by atoms with van der Waals surface area (Å²) in [6, 6.07) is 42.6. The Balaban J connectivity index is 0.000000165. The van der Waals surface area contributed by atoms with Crippen LogP contribution in [-0.4, -0.2) is 77.7 Å². The molecule has 8 heterocycles. The Hall–Kier alpha value is -7.68. The summed E-state index contributed by atoms with van der Waals surface area (Å²) in [4.78, 5) is 30.4. The summed E-state index contributed by atoms with van der Waals surface area (Å²) in [5.41, 5.74) is 18.1. The van der Waals surface area contributed by atoms with Crippen LogP contribution in [0.3, 0.4) is 0 Å². The molecule has 0 bridgehead atoms. The predicted octanol–water partition coefficient (Wildman–Crippen LogP) is 9.17. The van der Waals surface area contributed by atoms with E-state index in [0.717, 1.165) is 33.4 Å². The van der Waals surface area contributed by atoms with Gasteiger partial charge in [0, 0.05) is 79.7 Å². The number of hydrogen-bond donors (Lipinski definition) is 2. The van der Waals surface area contributed by atoms with E-state index < -0.39 is 30.9 Å². The van der Waals surface area contributed by atoms with Gasteiger partial charge in [0.15, 0.2) is 23.0 Å². The van der Waals surface area contributed by atoms with E-state index in [1.54, 1.807) is 68.4 Å². The average Bonchev–Trinajstić information content (AvgIpc) is 4.43. The van der Waals surface area contributed by atoms with Crippen molar-refractivity contribution in [2.75, 3.05) is 47.9 Å². The number of piperidine rings is 2. The molecule has 0 saturated carbocycles. The maximum absolute atomic E-state index is 13.6. The van der Waals surface area contributed by atoms with Crippen molar-refractivity contribution in [2.45, 2.75) is 58.7 Å². The molecule has 0 aliphatic carbocycles. The highest BCUT2D eigenvalue weighted by molar-refractivity contribution is 7.94. The van der Waals surface area contributed by atoms with Gasteiger partial charge in [-0.15, -0.1) is 11.3 Å². The number of rotatable bonds is 8. The minimum absolute atomic E-state index is 0.186. The molecule has 18 heteroatoms. The number of furan rings is 2. The molecule has 2 amide bonds. The molecule has 14 nitrogen and oxygen atoms in total. The molecule has 2 spiro atoms. The highest BCUT2D eigenvalue weighted by Crippen LogP contribution is 2.51. The molecule has 4 aromatic carbocycles. The van der Waals surface area contributed by atoms with Gasteiger partial charge in [0.25, 0.3) is 31.9 Å². The van der Waals surface area contributed by atoms with Gasteiger partial charge in [-0.05, 0) is 143 Å². The number of carbonyl (C=O) groups excluding carboxylic acids is 2. The lowest BCUT2D eigenvalue weighted by Crippen LogP contribution is -2.47. The van der Waals surface area contributed by atoms with E-state index in [9.17, 15) is 26.4 Å². The minimum Gasteiger partial charge on any atom is -0.443 e. The standard InChI is InChI=1S/2C30H27N3O4S2/c31-20-23-9-12-26-25(19-23)30(21-33(26)39(35,36)28-7-4-18-38-28)14-16-32(17-15-30)29(34)27-13-11-24(37-27)10-8-22-5-2-1-3-6-22;31-19-23-7-10-27-26(18-23)30(21-33(27)39(35,36)25-12-17-38-20-25)13-15-32(16-14-30)29(34)28-11-9-24(37-28)8-6-22-4-2-1-3-5-22/h1-7,9,11-13,18-19H,14-17,20-21,31H2;1-5,7,9-12,17-18,20H,13-16,19,21,31H2. The third-order valence-corrected chi connectivity index (χ3v) is 20.9. The van der Waals surface area contributed by atoms with E-state index >= 15 is 0 Å². The molecule has 78 heavy (non-hydrogen) atoms. The number of thiophene rings is 2. The molecule has 4 aromatic heterocycles. The van der Waals surface area contributed by atoms with Crippen LogP contribution in [0.2, 0.25) is 0 Å². The lowest BCUT2D eigenvalue weighted by atomic mass is 9.74. The van der Waals surface area contributed by atoms with Gasteiger partial charge < -0.3 is 30.1 Å². The van der Waals surface area contributed by atoms with Crippen LogP contribution in [-0.2, 0) is 44.0 Å². The van der Waals surface area contributed by atoms with Crippen molar-refractivity contribution in [3.05, 3.63) is 212 Å². The zero-order valence-corrected chi connectivity index (χ0v) is 45.6. The predicted molar refractivity (Wildman–Crippen MR) is 302 cm³/mol. The van der Waals surface area contributed by atoms with Crippen LogP contribution in [0.4, 0.5) is 11.4 Å². The fourth-order valence-corrected chi connectivity index (χ4v) is 16.1. The summed E-state index contributed by atoms with van der Waals surface area (Å²) < 4.78 is 69.2. The third kappa shape index (κ3) is 10.2. The number of nitrogens with zero attached hydrogens (tertiary/aromatic N) is 4. The number of fused-ring (bicyclic) bond motifs is 4. The van der Waals surface area contributed by atoms with Crippen molar-refractivity contribution in [2.24, 2.45) is 11.5 Å². The molecule has 0 radical (unpaired) electrons. The second-order valence-electron chi connectivity index (χ2n) is 19.7. The van der Waals surface area contributed by atoms with E-state index in [0.29, 0.717) is 110 Å². The molecule has 396 valence electrons. The third-order valence-electron chi connectivity index (χ3n) is 15.1. The van der Waals surface area contributed by atoms with Gasteiger partial charge in [0.05, 0.1) is 16.3 Å². The van der Waals surface area contributed by atoms with Crippen LogP contribution in [0, 0.1) is 23.7 Å². The topological polar surface area (TPSA) is 194 Å². The van der Waals surface area contributed by atoms with E-state index in [1.807, 2.05) is 97.1 Å². The SMILES string of the molecule is NCc1ccc2c(c1)C1(CCN(C(=O)c3ccc(C#Cc4ccccc4)o3)CC1)CN2S(=O)(=O)c1cccs1.NCc1ccc2c(c1)C1(CCN(C(=O)c3ccc(C#Cc4ccccc4)o3)CC1)CN2S(=O)(=O)c1ccsc1. The highest BCUT2D eigenvalue weighted by atomic mass is 32.2. The van der Waals surface area contributed by atoms with E-state index in [4.69, 9.17) is 20.3 Å². The van der Waals surface area contributed by atoms with Crippen LogP contribution in [0.1, 0.15) is 91.7 Å². The first-order valence-corrected chi connectivity index (χ1v) is 30.2. The Morgan fingerprint density at radius 2 is 1.01 bits per heavy atom. The zero-order chi connectivity index (χ0) is 54.1. The highest BCUT2D eigenvalue weighted by Gasteiger charge is 2.51. The molecule has 12 rings (SSSR count). The number of sulfonamides is 2. The van der Waals surface area contributed by atoms with Crippen LogP contribution in [0.5, 0.6) is 0 Å². The van der Waals surface area contributed by atoms with E-state index in [2.05, 4.69) is 23.7 Å². The molecule has 4 aliphatic rings. The van der Waals surface area contributed by atoms with Gasteiger partial charge in [-0.2, -0.15) is 11.3 Å². The summed E-state index contributed by atoms with van der Waals surface area (Å²) in [7, 11) is -7.38. The van der Waals surface area contributed by atoms with Crippen LogP contribution < -0.4 is 20.1 Å². The number of anilines is 2. The molecule has 2 saturated heterocycles. The number of carbonyl (C=O) groups is 2. The summed E-state index contributed by atoms with van der Waals surface area (Å²) in [5, 5.41) is 5.21. The van der Waals surface area contributed by atoms with Crippen LogP contribution in [0.25, 0.3) is 0 Å². The fourth-order valence-electron chi connectivity index (χ4n) is 10.9. The Labute approximate surface area is 462 Å². The van der Waals surface area contributed by atoms with Crippen LogP contribution in [0.15, 0.2) is 174 Å². The van der Waals surface area contributed by atoms with Crippen molar-refractivity contribution in [1.82, 2.24) is 9.80 Å². The zero-order valence-electron chi connectivity index (χ0n) is 42.3. The Morgan fingerprint density at radius 1 is 0.538 bits per heavy atom. The van der Waals surface area contributed by atoms with Crippen molar-refractivity contribution in [1.29, 1.82) is 0 Å².